The van der Waals surface area contributed by atoms with E-state index in [1.807, 2.05) is 0 Å². The average molecular weight is 1070 g/mol. The summed E-state index contributed by atoms with van der Waals surface area (Å²) in [5.74, 6) is -0.0323. The smallest absolute Gasteiger partial charge is 0.220 e. The molecule has 2 unspecified atom stereocenters. The lowest BCUT2D eigenvalue weighted by atomic mass is 10.0. The van der Waals surface area contributed by atoms with Crippen LogP contribution in [-0.4, -0.2) is 34.9 Å². The summed E-state index contributed by atoms with van der Waals surface area (Å²) in [6.07, 6.45) is 100. The zero-order chi connectivity index (χ0) is 55.5. The van der Waals surface area contributed by atoms with Gasteiger partial charge in [0.2, 0.25) is 5.91 Å². The third-order valence-corrected chi connectivity index (χ3v) is 15.4. The van der Waals surface area contributed by atoms with E-state index >= 15 is 0 Å². The van der Waals surface area contributed by atoms with Crippen LogP contribution in [0.1, 0.15) is 341 Å². The summed E-state index contributed by atoms with van der Waals surface area (Å²) >= 11 is 0. The molecule has 0 aliphatic carbocycles. The molecule has 0 rings (SSSR count). The lowest BCUT2D eigenvalue weighted by Gasteiger charge is -2.22. The molecule has 0 aromatic heterocycles. The Bertz CT molecular complexity index is 1400. The van der Waals surface area contributed by atoms with Crippen molar-refractivity contribution in [2.24, 2.45) is 0 Å². The topological polar surface area (TPSA) is 69.6 Å². The molecule has 0 saturated carbocycles. The maximum Gasteiger partial charge on any atom is 0.220 e. The first-order valence-corrected chi connectivity index (χ1v) is 33.9. The Morgan fingerprint density at radius 3 is 0.857 bits per heavy atom. The van der Waals surface area contributed by atoms with Gasteiger partial charge in [-0.2, -0.15) is 0 Å². The molecule has 4 nitrogen and oxygen atoms in total. The highest BCUT2D eigenvalue weighted by atomic mass is 16.3. The number of aliphatic hydroxyl groups is 2. The van der Waals surface area contributed by atoms with Crippen molar-refractivity contribution in [1.82, 2.24) is 5.32 Å². The molecule has 0 saturated heterocycles. The van der Waals surface area contributed by atoms with E-state index in [0.717, 1.165) is 77.0 Å². The van der Waals surface area contributed by atoms with Gasteiger partial charge in [0.15, 0.2) is 0 Å². The van der Waals surface area contributed by atoms with E-state index in [-0.39, 0.29) is 12.5 Å². The van der Waals surface area contributed by atoms with Gasteiger partial charge in [-0.05, 0) is 77.0 Å². The lowest BCUT2D eigenvalue weighted by Crippen LogP contribution is -2.45. The number of carbonyl (C=O) groups is 1. The van der Waals surface area contributed by atoms with E-state index in [1.54, 1.807) is 0 Å². The molecule has 0 spiro atoms. The lowest BCUT2D eigenvalue weighted by molar-refractivity contribution is -0.123. The number of nitrogens with one attached hydrogen (secondary N) is 1. The van der Waals surface area contributed by atoms with E-state index in [1.165, 1.54) is 238 Å². The maximum atomic E-state index is 12.6. The van der Waals surface area contributed by atoms with Gasteiger partial charge in [-0.25, -0.2) is 0 Å². The third-order valence-electron chi connectivity index (χ3n) is 15.4. The van der Waals surface area contributed by atoms with Gasteiger partial charge in [-0.1, -0.05) is 355 Å². The van der Waals surface area contributed by atoms with Gasteiger partial charge in [-0.3, -0.25) is 4.79 Å². The third kappa shape index (κ3) is 64.0. The summed E-state index contributed by atoms with van der Waals surface area (Å²) in [7, 11) is 0. The molecule has 0 heterocycles. The van der Waals surface area contributed by atoms with E-state index < -0.39 is 12.1 Å². The van der Waals surface area contributed by atoms with Crippen molar-refractivity contribution in [1.29, 1.82) is 0 Å². The first kappa shape index (κ1) is 74.3. The number of carbonyl (C=O) groups excluding carboxylic acids is 1. The van der Waals surface area contributed by atoms with Crippen molar-refractivity contribution in [3.05, 3.63) is 97.2 Å². The predicted molar refractivity (Wildman–Crippen MR) is 345 cm³/mol. The van der Waals surface area contributed by atoms with E-state index in [4.69, 9.17) is 0 Å². The van der Waals surface area contributed by atoms with E-state index in [9.17, 15) is 15.0 Å². The molecule has 446 valence electrons. The molecule has 0 aliphatic heterocycles. The molecule has 3 N–H and O–H groups in total. The summed E-state index contributed by atoms with van der Waals surface area (Å²) in [5, 5.41) is 23.5. The number of rotatable bonds is 62. The highest BCUT2D eigenvalue weighted by Crippen LogP contribution is 2.18. The van der Waals surface area contributed by atoms with Crippen LogP contribution in [0.15, 0.2) is 97.2 Å². The van der Waals surface area contributed by atoms with Crippen LogP contribution in [0.4, 0.5) is 0 Å². The summed E-state index contributed by atoms with van der Waals surface area (Å²) in [6, 6.07) is -0.545. The number of hydrogen-bond donors (Lipinski definition) is 3. The minimum Gasteiger partial charge on any atom is -0.394 e. The number of hydrogen-bond acceptors (Lipinski definition) is 3. The van der Waals surface area contributed by atoms with Gasteiger partial charge in [0, 0.05) is 6.42 Å². The molecule has 2 atom stereocenters. The fourth-order valence-corrected chi connectivity index (χ4v) is 10.3. The first-order valence-electron chi connectivity index (χ1n) is 33.9. The predicted octanol–water partition coefficient (Wildman–Crippen LogP) is 23.2. The molecule has 0 aromatic rings. The minimum atomic E-state index is -0.667. The second-order valence-corrected chi connectivity index (χ2v) is 22.9. The molecule has 0 bridgehead atoms. The van der Waals surface area contributed by atoms with Crippen molar-refractivity contribution in [2.75, 3.05) is 6.61 Å². The Hall–Kier alpha value is -2.69. The minimum absolute atomic E-state index is 0.0323. The van der Waals surface area contributed by atoms with Crippen molar-refractivity contribution < 1.29 is 15.0 Å². The van der Waals surface area contributed by atoms with Gasteiger partial charge < -0.3 is 15.5 Å². The van der Waals surface area contributed by atoms with Crippen LogP contribution < -0.4 is 5.32 Å². The largest absolute Gasteiger partial charge is 0.394 e. The van der Waals surface area contributed by atoms with Crippen LogP contribution in [-0.2, 0) is 4.79 Å². The van der Waals surface area contributed by atoms with E-state index in [2.05, 4.69) is 116 Å². The summed E-state index contributed by atoms with van der Waals surface area (Å²) in [6.45, 7) is 4.27. The normalized spacial score (nSPS) is 13.4. The van der Waals surface area contributed by atoms with Crippen LogP contribution in [0.2, 0.25) is 0 Å². The molecule has 4 heteroatoms. The zero-order valence-electron chi connectivity index (χ0n) is 51.5. The van der Waals surface area contributed by atoms with Gasteiger partial charge >= 0.3 is 0 Å². The fourth-order valence-electron chi connectivity index (χ4n) is 10.3. The Morgan fingerprint density at radius 2 is 0.571 bits per heavy atom. The van der Waals surface area contributed by atoms with Crippen LogP contribution in [0.25, 0.3) is 0 Å². The molecule has 0 radical (unpaired) electrons. The molecular weight excluding hydrogens is 939 g/mol. The second-order valence-electron chi connectivity index (χ2n) is 22.9. The Balaban J connectivity index is 3.49. The highest BCUT2D eigenvalue weighted by molar-refractivity contribution is 5.76. The quantitative estimate of drug-likeness (QED) is 0.0420. The Kier molecular flexibility index (Phi) is 65.2. The number of allylic oxidation sites excluding steroid dienone is 16. The first-order chi connectivity index (χ1) is 38.2. The molecule has 77 heavy (non-hydrogen) atoms. The molecule has 0 aromatic carbocycles. The van der Waals surface area contributed by atoms with Crippen molar-refractivity contribution >= 4 is 5.91 Å². The summed E-state index contributed by atoms with van der Waals surface area (Å²) in [4.78, 5) is 12.6. The highest BCUT2D eigenvalue weighted by Gasteiger charge is 2.20. The van der Waals surface area contributed by atoms with Gasteiger partial charge in [0.1, 0.15) is 0 Å². The van der Waals surface area contributed by atoms with Crippen LogP contribution in [0.5, 0.6) is 0 Å². The SMILES string of the molecule is CC/C=C\C/C=C\C/C=C\C/C=C\C/C=C\C/C=C\C/C=C\C/C=C\CCCCCCCCCCCCCCC(=O)NC(CO)C(O)CCCCCCCCCCCCCCCCCCCCCCCCCCCCCC. The van der Waals surface area contributed by atoms with Crippen molar-refractivity contribution in [3.8, 4) is 0 Å². The van der Waals surface area contributed by atoms with Crippen molar-refractivity contribution in [2.45, 2.75) is 353 Å². The Labute approximate surface area is 481 Å². The van der Waals surface area contributed by atoms with Crippen molar-refractivity contribution in [3.63, 3.8) is 0 Å². The second kappa shape index (κ2) is 67.6. The monoisotopic (exact) mass is 1070 g/mol. The van der Waals surface area contributed by atoms with Crippen LogP contribution in [0.3, 0.4) is 0 Å². The standard InChI is InChI=1S/C73H131NO3/c1-3-5-7-9-11-13-15-17-19-21-23-25-27-29-31-33-34-35-36-37-38-39-40-41-43-45-47-49-51-53-55-57-59-61-63-65-67-69-73(77)74-71(70-75)72(76)68-66-64-62-60-58-56-54-52-50-48-46-44-42-32-30-28-26-24-22-20-18-16-14-12-10-8-6-4-2/h5,7,11,13,17,19,23,25,29,31,34-35,37-38,40-41,71-72,75-76H,3-4,6,8-10,12,14-16,18,20-22,24,26-28,30,32-33,36,39,42-70H2,1-2H3,(H,74,77)/b7-5-,13-11-,19-17-,25-23-,31-29-,35-34-,38-37-,41-40-. The number of unbranched alkanes of at least 4 members (excludes halogenated alkanes) is 39. The Morgan fingerprint density at radius 1 is 0.325 bits per heavy atom. The molecule has 0 aliphatic rings. The van der Waals surface area contributed by atoms with Gasteiger partial charge in [0.25, 0.3) is 0 Å². The number of amides is 1. The molecule has 1 amide bonds. The van der Waals surface area contributed by atoms with Crippen LogP contribution in [0, 0.1) is 0 Å². The van der Waals surface area contributed by atoms with Gasteiger partial charge in [0.05, 0.1) is 18.8 Å². The summed E-state index contributed by atoms with van der Waals surface area (Å²) < 4.78 is 0. The zero-order valence-corrected chi connectivity index (χ0v) is 51.5. The fraction of sp³-hybridized carbons (Fsp3) is 0.767. The van der Waals surface area contributed by atoms with E-state index in [0.29, 0.717) is 12.8 Å². The summed E-state index contributed by atoms with van der Waals surface area (Å²) in [5.41, 5.74) is 0. The van der Waals surface area contributed by atoms with Gasteiger partial charge in [-0.15, -0.1) is 0 Å². The molecular formula is C73H131NO3. The number of aliphatic hydroxyl groups excluding tert-OH is 2. The maximum absolute atomic E-state index is 12.6. The molecule has 0 fully saturated rings. The van der Waals surface area contributed by atoms with Crippen LogP contribution >= 0.6 is 0 Å². The average Bonchev–Trinajstić information content (AvgIpc) is 3.43.